The second-order valence-corrected chi connectivity index (χ2v) is 3.08. The monoisotopic (exact) mass is 169 g/mol. The van der Waals surface area contributed by atoms with Crippen LogP contribution in [0.15, 0.2) is 30.6 Å². The van der Waals surface area contributed by atoms with Crippen molar-refractivity contribution in [3.8, 4) is 0 Å². The Labute approximate surface area is 73.9 Å². The van der Waals surface area contributed by atoms with E-state index in [1.807, 2.05) is 24.5 Å². The van der Waals surface area contributed by atoms with Crippen molar-refractivity contribution in [2.24, 2.45) is 0 Å². The van der Waals surface area contributed by atoms with Crippen molar-refractivity contribution in [2.75, 3.05) is 0 Å². The zero-order chi connectivity index (χ0) is 8.84. The van der Waals surface area contributed by atoms with E-state index < -0.39 is 0 Å². The molecule has 3 aromatic rings. The van der Waals surface area contributed by atoms with E-state index in [1.54, 1.807) is 6.07 Å². The summed E-state index contributed by atoms with van der Waals surface area (Å²) < 4.78 is 0. The highest BCUT2D eigenvalue weighted by Crippen LogP contribution is 2.21. The first kappa shape index (κ1) is 6.60. The second kappa shape index (κ2) is 2.07. The molecule has 2 heterocycles. The molecule has 3 heteroatoms. The summed E-state index contributed by atoms with van der Waals surface area (Å²) in [6.45, 7) is 0. The molecule has 0 aliphatic rings. The molecule has 62 valence electrons. The van der Waals surface area contributed by atoms with Crippen molar-refractivity contribution in [1.82, 2.24) is 9.97 Å². The summed E-state index contributed by atoms with van der Waals surface area (Å²) in [7, 11) is 0. The van der Waals surface area contributed by atoms with Crippen molar-refractivity contribution in [2.45, 2.75) is 0 Å². The number of pyridine rings is 1. The van der Waals surface area contributed by atoms with Crippen molar-refractivity contribution in [3.05, 3.63) is 36.0 Å². The minimum atomic E-state index is 0.488. The van der Waals surface area contributed by atoms with Gasteiger partial charge < -0.3 is 4.98 Å². The number of hydrogen-bond acceptors (Lipinski definition) is 2. The molecule has 0 saturated carbocycles. The Morgan fingerprint density at radius 3 is 3.08 bits per heavy atom. The topological polar surface area (TPSA) is 52.5 Å². The lowest BCUT2D eigenvalue weighted by molar-refractivity contribution is 1.28. The predicted molar refractivity (Wildman–Crippen MR) is 50.6 cm³/mol. The molecule has 0 amide bonds. The van der Waals surface area contributed by atoms with Gasteiger partial charge in [0.2, 0.25) is 0 Å². The van der Waals surface area contributed by atoms with E-state index in [0.29, 0.717) is 5.36 Å². The molecule has 0 aliphatic carbocycles. The van der Waals surface area contributed by atoms with Gasteiger partial charge in [0.25, 0.3) is 0 Å². The SMILES string of the molecule is N=c1ccc2[nH]ccc3cnc1c32. The van der Waals surface area contributed by atoms with Crippen LogP contribution >= 0.6 is 0 Å². The average molecular weight is 169 g/mol. The van der Waals surface area contributed by atoms with Gasteiger partial charge in [-0.15, -0.1) is 0 Å². The van der Waals surface area contributed by atoms with Gasteiger partial charge in [-0.3, -0.25) is 10.4 Å². The first-order valence-corrected chi connectivity index (χ1v) is 4.09. The third kappa shape index (κ3) is 0.731. The largest absolute Gasteiger partial charge is 0.361 e. The van der Waals surface area contributed by atoms with Crippen LogP contribution in [0.1, 0.15) is 0 Å². The van der Waals surface area contributed by atoms with Gasteiger partial charge in [0, 0.05) is 28.7 Å². The van der Waals surface area contributed by atoms with E-state index in [1.165, 1.54) is 0 Å². The first-order chi connectivity index (χ1) is 6.36. The van der Waals surface area contributed by atoms with Gasteiger partial charge in [-0.1, -0.05) is 0 Å². The Morgan fingerprint density at radius 2 is 2.15 bits per heavy atom. The zero-order valence-corrected chi connectivity index (χ0v) is 6.83. The quantitative estimate of drug-likeness (QED) is 0.528. The second-order valence-electron chi connectivity index (χ2n) is 3.08. The molecule has 3 nitrogen and oxygen atoms in total. The molecule has 0 radical (unpaired) electrons. The maximum absolute atomic E-state index is 7.66. The zero-order valence-electron chi connectivity index (χ0n) is 6.83. The Balaban J connectivity index is 2.81. The first-order valence-electron chi connectivity index (χ1n) is 4.09. The lowest BCUT2D eigenvalue weighted by Crippen LogP contribution is -1.98. The number of rotatable bonds is 0. The normalized spacial score (nSPS) is 11.4. The molecule has 0 spiro atoms. The minimum absolute atomic E-state index is 0.488. The predicted octanol–water partition coefficient (Wildman–Crippen LogP) is 1.63. The third-order valence-electron chi connectivity index (χ3n) is 2.30. The van der Waals surface area contributed by atoms with Crippen LogP contribution < -0.4 is 5.36 Å². The van der Waals surface area contributed by atoms with Crippen LogP contribution in [0.3, 0.4) is 0 Å². The van der Waals surface area contributed by atoms with Crippen LogP contribution in [-0.4, -0.2) is 9.97 Å². The molecule has 0 atom stereocenters. The van der Waals surface area contributed by atoms with Gasteiger partial charge in [0.05, 0.1) is 10.9 Å². The lowest BCUT2D eigenvalue weighted by atomic mass is 10.1. The van der Waals surface area contributed by atoms with E-state index in [9.17, 15) is 0 Å². The highest BCUT2D eigenvalue weighted by atomic mass is 14.7. The number of H-pyrrole nitrogens is 1. The van der Waals surface area contributed by atoms with E-state index in [-0.39, 0.29) is 0 Å². The molecule has 2 N–H and O–H groups in total. The Bertz CT molecular complexity index is 624. The van der Waals surface area contributed by atoms with Crippen molar-refractivity contribution >= 4 is 21.8 Å². The van der Waals surface area contributed by atoms with Crippen LogP contribution in [0.25, 0.3) is 21.8 Å². The van der Waals surface area contributed by atoms with Gasteiger partial charge in [-0.05, 0) is 18.2 Å². The Morgan fingerprint density at radius 1 is 1.23 bits per heavy atom. The van der Waals surface area contributed by atoms with E-state index >= 15 is 0 Å². The van der Waals surface area contributed by atoms with Crippen LogP contribution in [-0.2, 0) is 0 Å². The Hall–Kier alpha value is -1.90. The standard InChI is InChI=1S/C10H7N3/c11-7-1-2-8-9-6(3-4-12-8)5-13-10(7)9/h1-5,11-12H. The molecule has 0 aliphatic heterocycles. The van der Waals surface area contributed by atoms with Crippen LogP contribution in [0, 0.1) is 5.41 Å². The molecule has 0 saturated heterocycles. The van der Waals surface area contributed by atoms with E-state index in [0.717, 1.165) is 21.8 Å². The summed E-state index contributed by atoms with van der Waals surface area (Å²) in [5.41, 5.74) is 1.82. The molecule has 0 fully saturated rings. The summed E-state index contributed by atoms with van der Waals surface area (Å²) in [6.07, 6.45) is 3.70. The van der Waals surface area contributed by atoms with Crippen LogP contribution in [0.5, 0.6) is 0 Å². The lowest BCUT2D eigenvalue weighted by Gasteiger charge is -1.96. The fourth-order valence-corrected chi connectivity index (χ4v) is 1.68. The Kier molecular flexibility index (Phi) is 1.05. The van der Waals surface area contributed by atoms with Crippen molar-refractivity contribution < 1.29 is 0 Å². The number of nitrogens with zero attached hydrogens (tertiary/aromatic N) is 1. The van der Waals surface area contributed by atoms with Gasteiger partial charge in [-0.2, -0.15) is 0 Å². The van der Waals surface area contributed by atoms with Crippen molar-refractivity contribution in [3.63, 3.8) is 0 Å². The maximum atomic E-state index is 7.66. The molecule has 0 bridgehead atoms. The summed E-state index contributed by atoms with van der Waals surface area (Å²) in [5.74, 6) is 0. The fraction of sp³-hybridized carbons (Fsp3) is 0. The van der Waals surface area contributed by atoms with Crippen LogP contribution in [0.4, 0.5) is 0 Å². The molecular formula is C10H7N3. The molecule has 1 aromatic carbocycles. The smallest absolute Gasteiger partial charge is 0.0978 e. The van der Waals surface area contributed by atoms with Crippen molar-refractivity contribution in [1.29, 1.82) is 5.41 Å². The summed E-state index contributed by atoms with van der Waals surface area (Å²) in [4.78, 5) is 7.35. The summed E-state index contributed by atoms with van der Waals surface area (Å²) in [6, 6.07) is 5.65. The third-order valence-corrected chi connectivity index (χ3v) is 2.30. The molecule has 3 rings (SSSR count). The maximum Gasteiger partial charge on any atom is 0.0978 e. The fourth-order valence-electron chi connectivity index (χ4n) is 1.68. The van der Waals surface area contributed by atoms with Gasteiger partial charge in [0.15, 0.2) is 0 Å². The van der Waals surface area contributed by atoms with Gasteiger partial charge in [0.1, 0.15) is 0 Å². The van der Waals surface area contributed by atoms with Gasteiger partial charge >= 0.3 is 0 Å². The van der Waals surface area contributed by atoms with Gasteiger partial charge in [-0.25, -0.2) is 0 Å². The number of nitrogens with one attached hydrogen (secondary N) is 2. The number of hydrogen-bond donors (Lipinski definition) is 2. The number of benzene rings is 1. The molecule has 0 unspecified atom stereocenters. The molecule has 13 heavy (non-hydrogen) atoms. The highest BCUT2D eigenvalue weighted by Gasteiger charge is 2.04. The average Bonchev–Trinajstić information content (AvgIpc) is 2.57. The van der Waals surface area contributed by atoms with E-state index in [2.05, 4.69) is 9.97 Å². The summed E-state index contributed by atoms with van der Waals surface area (Å²) >= 11 is 0. The number of aromatic nitrogens is 2. The molecule has 2 aromatic heterocycles. The number of aromatic amines is 1. The van der Waals surface area contributed by atoms with E-state index in [4.69, 9.17) is 5.41 Å². The molecular weight excluding hydrogens is 162 g/mol. The highest BCUT2D eigenvalue weighted by molar-refractivity contribution is 6.07. The summed E-state index contributed by atoms with van der Waals surface area (Å²) in [5, 5.41) is 10.3. The van der Waals surface area contributed by atoms with Crippen LogP contribution in [0.2, 0.25) is 0 Å². The minimum Gasteiger partial charge on any atom is -0.361 e.